The van der Waals surface area contributed by atoms with E-state index in [0.717, 1.165) is 32.8 Å². The Morgan fingerprint density at radius 3 is 2.52 bits per heavy atom. The zero-order valence-corrected chi connectivity index (χ0v) is 14.5. The molecule has 1 atom stereocenters. The molecule has 1 aliphatic heterocycles. The normalized spacial score (nSPS) is 18.2. The Morgan fingerprint density at radius 2 is 1.78 bits per heavy atom. The lowest BCUT2D eigenvalue weighted by Gasteiger charge is -2.41. The SMILES string of the molecule is CC(NCC(C)(C)N1CCOCC1)c1ccc2ccccc2c1. The van der Waals surface area contributed by atoms with Crippen LogP contribution in [0.15, 0.2) is 42.5 Å². The van der Waals surface area contributed by atoms with Crippen molar-refractivity contribution in [3.05, 3.63) is 48.0 Å². The van der Waals surface area contributed by atoms with E-state index in [0.29, 0.717) is 6.04 Å². The summed E-state index contributed by atoms with van der Waals surface area (Å²) < 4.78 is 5.47. The molecule has 1 heterocycles. The van der Waals surface area contributed by atoms with Gasteiger partial charge in [0.15, 0.2) is 0 Å². The second-order valence-corrected chi connectivity index (χ2v) is 7.12. The largest absolute Gasteiger partial charge is 0.379 e. The number of fused-ring (bicyclic) bond motifs is 1. The minimum atomic E-state index is 0.148. The first-order chi connectivity index (χ1) is 11.1. The number of hydrogen-bond donors (Lipinski definition) is 1. The number of nitrogens with zero attached hydrogens (tertiary/aromatic N) is 1. The Kier molecular flexibility index (Phi) is 5.00. The fraction of sp³-hybridized carbons (Fsp3) is 0.500. The first kappa shape index (κ1) is 16.4. The highest BCUT2D eigenvalue weighted by Gasteiger charge is 2.28. The molecule has 2 aromatic rings. The van der Waals surface area contributed by atoms with Crippen molar-refractivity contribution in [2.45, 2.75) is 32.4 Å². The average molecular weight is 312 g/mol. The van der Waals surface area contributed by atoms with Crippen molar-refractivity contribution >= 4 is 10.8 Å². The molecule has 0 aliphatic carbocycles. The fourth-order valence-corrected chi connectivity index (χ4v) is 3.28. The Balaban J connectivity index is 1.64. The van der Waals surface area contributed by atoms with E-state index in [-0.39, 0.29) is 5.54 Å². The maximum Gasteiger partial charge on any atom is 0.0594 e. The number of ether oxygens (including phenoxy) is 1. The first-order valence-corrected chi connectivity index (χ1v) is 8.61. The third-order valence-corrected chi connectivity index (χ3v) is 4.98. The molecular formula is C20H28N2O. The summed E-state index contributed by atoms with van der Waals surface area (Å²) in [4.78, 5) is 2.52. The Morgan fingerprint density at radius 1 is 1.09 bits per heavy atom. The molecule has 1 saturated heterocycles. The van der Waals surface area contributed by atoms with Crippen LogP contribution in [-0.4, -0.2) is 43.3 Å². The molecule has 3 heteroatoms. The van der Waals surface area contributed by atoms with Gasteiger partial charge in [-0.15, -0.1) is 0 Å². The van der Waals surface area contributed by atoms with E-state index < -0.39 is 0 Å². The van der Waals surface area contributed by atoms with Crippen molar-refractivity contribution in [1.82, 2.24) is 10.2 Å². The summed E-state index contributed by atoms with van der Waals surface area (Å²) in [6.07, 6.45) is 0. The Bertz CT molecular complexity index is 647. The highest BCUT2D eigenvalue weighted by Crippen LogP contribution is 2.22. The lowest BCUT2D eigenvalue weighted by molar-refractivity contribution is -0.0102. The summed E-state index contributed by atoms with van der Waals surface area (Å²) in [6, 6.07) is 15.6. The summed E-state index contributed by atoms with van der Waals surface area (Å²) in [5, 5.41) is 6.33. The van der Waals surface area contributed by atoms with E-state index >= 15 is 0 Å². The van der Waals surface area contributed by atoms with E-state index in [1.54, 1.807) is 0 Å². The molecule has 0 spiro atoms. The predicted molar refractivity (Wildman–Crippen MR) is 96.8 cm³/mol. The van der Waals surface area contributed by atoms with Gasteiger partial charge in [0, 0.05) is 31.2 Å². The van der Waals surface area contributed by atoms with Gasteiger partial charge in [0.05, 0.1) is 13.2 Å². The van der Waals surface area contributed by atoms with Gasteiger partial charge in [-0.3, -0.25) is 4.90 Å². The van der Waals surface area contributed by atoms with Crippen molar-refractivity contribution in [1.29, 1.82) is 0 Å². The van der Waals surface area contributed by atoms with Gasteiger partial charge in [0.2, 0.25) is 0 Å². The standard InChI is InChI=1S/C20H28N2O/c1-16(18-9-8-17-6-4-5-7-19(17)14-18)21-15-20(2,3)22-10-12-23-13-11-22/h4-9,14,16,21H,10-13,15H2,1-3H3. The third kappa shape index (κ3) is 3.92. The molecule has 0 saturated carbocycles. The number of morpholine rings is 1. The molecule has 2 aromatic carbocycles. The van der Waals surface area contributed by atoms with Gasteiger partial charge in [-0.1, -0.05) is 36.4 Å². The summed E-state index contributed by atoms with van der Waals surface area (Å²) >= 11 is 0. The zero-order valence-electron chi connectivity index (χ0n) is 14.5. The molecule has 3 nitrogen and oxygen atoms in total. The number of rotatable bonds is 5. The topological polar surface area (TPSA) is 24.5 Å². The number of benzene rings is 2. The van der Waals surface area contributed by atoms with Crippen LogP contribution in [0.25, 0.3) is 10.8 Å². The summed E-state index contributed by atoms with van der Waals surface area (Å²) in [6.45, 7) is 11.6. The third-order valence-electron chi connectivity index (χ3n) is 4.98. The Labute approximate surface area is 139 Å². The molecule has 23 heavy (non-hydrogen) atoms. The van der Waals surface area contributed by atoms with Crippen molar-refractivity contribution in [2.24, 2.45) is 0 Å². The van der Waals surface area contributed by atoms with E-state index in [1.165, 1.54) is 16.3 Å². The monoisotopic (exact) mass is 312 g/mol. The van der Waals surface area contributed by atoms with Gasteiger partial charge in [0.25, 0.3) is 0 Å². The van der Waals surface area contributed by atoms with Crippen LogP contribution in [0.5, 0.6) is 0 Å². The van der Waals surface area contributed by atoms with E-state index in [9.17, 15) is 0 Å². The van der Waals surface area contributed by atoms with E-state index in [2.05, 4.69) is 73.5 Å². The van der Waals surface area contributed by atoms with Crippen LogP contribution in [-0.2, 0) is 4.74 Å². The van der Waals surface area contributed by atoms with Gasteiger partial charge in [-0.2, -0.15) is 0 Å². The minimum absolute atomic E-state index is 0.148. The molecule has 3 rings (SSSR count). The van der Waals surface area contributed by atoms with Crippen molar-refractivity contribution < 1.29 is 4.74 Å². The maximum absolute atomic E-state index is 5.47. The molecule has 0 bridgehead atoms. The lowest BCUT2D eigenvalue weighted by Crippen LogP contribution is -2.54. The average Bonchev–Trinajstić information content (AvgIpc) is 2.60. The van der Waals surface area contributed by atoms with Crippen molar-refractivity contribution in [2.75, 3.05) is 32.8 Å². The minimum Gasteiger partial charge on any atom is -0.379 e. The zero-order chi connectivity index (χ0) is 16.3. The van der Waals surface area contributed by atoms with Crippen LogP contribution in [0.3, 0.4) is 0 Å². The van der Waals surface area contributed by atoms with E-state index in [1.807, 2.05) is 0 Å². The fourth-order valence-electron chi connectivity index (χ4n) is 3.28. The van der Waals surface area contributed by atoms with Crippen molar-refractivity contribution in [3.63, 3.8) is 0 Å². The first-order valence-electron chi connectivity index (χ1n) is 8.61. The summed E-state index contributed by atoms with van der Waals surface area (Å²) in [5.41, 5.74) is 1.50. The smallest absolute Gasteiger partial charge is 0.0594 e. The van der Waals surface area contributed by atoms with E-state index in [4.69, 9.17) is 4.74 Å². The maximum atomic E-state index is 5.47. The highest BCUT2D eigenvalue weighted by molar-refractivity contribution is 5.83. The number of hydrogen-bond acceptors (Lipinski definition) is 3. The highest BCUT2D eigenvalue weighted by atomic mass is 16.5. The Hall–Kier alpha value is -1.42. The molecule has 1 aliphatic rings. The molecule has 1 fully saturated rings. The van der Waals surface area contributed by atoms with Crippen LogP contribution < -0.4 is 5.32 Å². The summed E-state index contributed by atoms with van der Waals surface area (Å²) in [7, 11) is 0. The van der Waals surface area contributed by atoms with Gasteiger partial charge in [-0.05, 0) is 43.2 Å². The van der Waals surface area contributed by atoms with Gasteiger partial charge in [0.1, 0.15) is 0 Å². The van der Waals surface area contributed by atoms with Gasteiger partial charge >= 0.3 is 0 Å². The van der Waals surface area contributed by atoms with Crippen LogP contribution >= 0.6 is 0 Å². The van der Waals surface area contributed by atoms with Crippen LogP contribution in [0.4, 0.5) is 0 Å². The van der Waals surface area contributed by atoms with Gasteiger partial charge < -0.3 is 10.1 Å². The quantitative estimate of drug-likeness (QED) is 0.913. The predicted octanol–water partition coefficient (Wildman–Crippen LogP) is 3.60. The molecule has 0 aromatic heterocycles. The molecule has 0 radical (unpaired) electrons. The van der Waals surface area contributed by atoms with Crippen molar-refractivity contribution in [3.8, 4) is 0 Å². The van der Waals surface area contributed by atoms with Crippen LogP contribution in [0.2, 0.25) is 0 Å². The van der Waals surface area contributed by atoms with Crippen LogP contribution in [0, 0.1) is 0 Å². The second-order valence-electron chi connectivity index (χ2n) is 7.12. The molecule has 1 N–H and O–H groups in total. The summed E-state index contributed by atoms with van der Waals surface area (Å²) in [5.74, 6) is 0. The lowest BCUT2D eigenvalue weighted by atomic mass is 9.99. The molecule has 0 amide bonds. The second kappa shape index (κ2) is 7.00. The van der Waals surface area contributed by atoms with Gasteiger partial charge in [-0.25, -0.2) is 0 Å². The van der Waals surface area contributed by atoms with Crippen LogP contribution in [0.1, 0.15) is 32.4 Å². The molecular weight excluding hydrogens is 284 g/mol. The molecule has 1 unspecified atom stereocenters. The molecule has 124 valence electrons. The number of nitrogens with one attached hydrogen (secondary N) is 1.